The predicted octanol–water partition coefficient (Wildman–Crippen LogP) is 2.45. The lowest BCUT2D eigenvalue weighted by Gasteiger charge is -2.19. The molecule has 0 saturated carbocycles. The lowest BCUT2D eigenvalue weighted by Crippen LogP contribution is -2.30. The van der Waals surface area contributed by atoms with Gasteiger partial charge < -0.3 is 15.5 Å². The first kappa shape index (κ1) is 14.0. The molecule has 0 saturated heterocycles. The Bertz CT molecular complexity index is 339. The number of hydrogen-bond acceptors (Lipinski definition) is 3. The molecule has 17 heavy (non-hydrogen) atoms. The minimum absolute atomic E-state index is 0.0398. The zero-order valence-corrected chi connectivity index (χ0v) is 10.9. The maximum atomic E-state index is 9.76. The maximum absolute atomic E-state index is 9.76. The molecule has 0 bridgehead atoms. The quantitative estimate of drug-likeness (QED) is 0.712. The summed E-state index contributed by atoms with van der Waals surface area (Å²) in [7, 11) is 0. The molecule has 0 amide bonds. The van der Waals surface area contributed by atoms with E-state index in [1.54, 1.807) is 12.1 Å². The van der Waals surface area contributed by atoms with E-state index < -0.39 is 0 Å². The van der Waals surface area contributed by atoms with Gasteiger partial charge in [-0.3, -0.25) is 0 Å². The Kier molecular flexibility index (Phi) is 5.45. The van der Waals surface area contributed by atoms with Crippen LogP contribution in [0.5, 0.6) is 5.75 Å². The molecule has 2 unspecified atom stereocenters. The lowest BCUT2D eigenvalue weighted by atomic mass is 10.0. The van der Waals surface area contributed by atoms with E-state index in [1.807, 2.05) is 19.1 Å². The molecule has 0 radical (unpaired) electrons. The molecule has 0 aromatic heterocycles. The van der Waals surface area contributed by atoms with Crippen LogP contribution in [0.15, 0.2) is 24.3 Å². The van der Waals surface area contributed by atoms with Crippen LogP contribution in [0.2, 0.25) is 0 Å². The molecule has 96 valence electrons. The van der Waals surface area contributed by atoms with Crippen molar-refractivity contribution in [3.8, 4) is 5.75 Å². The Balaban J connectivity index is 2.45. The molecule has 1 aromatic rings. The Morgan fingerprint density at radius 1 is 1.18 bits per heavy atom. The summed E-state index contributed by atoms with van der Waals surface area (Å²) in [5, 5.41) is 22.7. The molecule has 0 heterocycles. The van der Waals surface area contributed by atoms with Gasteiger partial charge in [0.05, 0.1) is 6.10 Å². The van der Waals surface area contributed by atoms with Crippen LogP contribution in [0.4, 0.5) is 0 Å². The fraction of sp³-hybridized carbons (Fsp3) is 0.571. The first-order valence-corrected chi connectivity index (χ1v) is 6.20. The van der Waals surface area contributed by atoms with Gasteiger partial charge in [0.25, 0.3) is 0 Å². The topological polar surface area (TPSA) is 52.5 Å². The van der Waals surface area contributed by atoms with Crippen molar-refractivity contribution in [1.82, 2.24) is 5.32 Å². The summed E-state index contributed by atoms with van der Waals surface area (Å²) >= 11 is 0. The van der Waals surface area contributed by atoms with Crippen molar-refractivity contribution >= 4 is 0 Å². The van der Waals surface area contributed by atoms with Crippen molar-refractivity contribution in [2.75, 3.05) is 6.54 Å². The van der Waals surface area contributed by atoms with Crippen molar-refractivity contribution in [3.63, 3.8) is 0 Å². The molecular weight excluding hydrogens is 214 g/mol. The van der Waals surface area contributed by atoms with E-state index in [0.29, 0.717) is 18.2 Å². The Hall–Kier alpha value is -1.06. The van der Waals surface area contributed by atoms with Crippen molar-refractivity contribution < 1.29 is 10.2 Å². The van der Waals surface area contributed by atoms with Gasteiger partial charge in [-0.1, -0.05) is 32.0 Å². The van der Waals surface area contributed by atoms with Gasteiger partial charge in [-0.05, 0) is 25.3 Å². The highest BCUT2D eigenvalue weighted by molar-refractivity contribution is 5.34. The van der Waals surface area contributed by atoms with Crippen molar-refractivity contribution in [3.05, 3.63) is 29.8 Å². The number of phenols is 1. The number of aliphatic hydroxyl groups is 1. The molecule has 1 rings (SSSR count). The fourth-order valence-corrected chi connectivity index (χ4v) is 1.90. The summed E-state index contributed by atoms with van der Waals surface area (Å²) in [5.41, 5.74) is 0.865. The van der Waals surface area contributed by atoms with Crippen molar-refractivity contribution in [1.29, 1.82) is 0 Å². The molecule has 2 atom stereocenters. The van der Waals surface area contributed by atoms with Gasteiger partial charge in [0, 0.05) is 18.2 Å². The third-order valence-electron chi connectivity index (χ3n) is 2.81. The van der Waals surface area contributed by atoms with E-state index in [-0.39, 0.29) is 12.1 Å². The lowest BCUT2D eigenvalue weighted by molar-refractivity contribution is 0.143. The predicted molar refractivity (Wildman–Crippen MR) is 70.0 cm³/mol. The van der Waals surface area contributed by atoms with Gasteiger partial charge in [0.1, 0.15) is 5.75 Å². The third kappa shape index (κ3) is 4.75. The number of aromatic hydroxyl groups is 1. The minimum atomic E-state index is -0.330. The zero-order valence-electron chi connectivity index (χ0n) is 10.9. The van der Waals surface area contributed by atoms with Crippen LogP contribution in [-0.2, 0) is 0 Å². The fourth-order valence-electron chi connectivity index (χ4n) is 1.90. The van der Waals surface area contributed by atoms with Crippen molar-refractivity contribution in [2.45, 2.75) is 39.3 Å². The van der Waals surface area contributed by atoms with Gasteiger partial charge in [0.15, 0.2) is 0 Å². The molecule has 3 heteroatoms. The Labute approximate surface area is 103 Å². The summed E-state index contributed by atoms with van der Waals surface area (Å²) in [4.78, 5) is 0. The van der Waals surface area contributed by atoms with Crippen LogP contribution >= 0.6 is 0 Å². The smallest absolute Gasteiger partial charge is 0.120 e. The molecule has 3 N–H and O–H groups in total. The van der Waals surface area contributed by atoms with E-state index in [4.69, 9.17) is 0 Å². The summed E-state index contributed by atoms with van der Waals surface area (Å²) < 4.78 is 0. The second-order valence-electron chi connectivity index (χ2n) is 4.97. The van der Waals surface area contributed by atoms with Gasteiger partial charge in [-0.15, -0.1) is 0 Å². The van der Waals surface area contributed by atoms with E-state index in [9.17, 15) is 10.2 Å². The second-order valence-corrected chi connectivity index (χ2v) is 4.97. The highest BCUT2D eigenvalue weighted by Gasteiger charge is 2.12. The molecule has 0 spiro atoms. The first-order valence-electron chi connectivity index (χ1n) is 6.20. The molecule has 0 aliphatic rings. The summed E-state index contributed by atoms with van der Waals surface area (Å²) in [6.45, 7) is 6.72. The number of benzene rings is 1. The number of para-hydroxylation sites is 1. The Morgan fingerprint density at radius 3 is 2.41 bits per heavy atom. The normalized spacial score (nSPS) is 14.9. The molecule has 1 aromatic carbocycles. The highest BCUT2D eigenvalue weighted by Crippen LogP contribution is 2.22. The number of aliphatic hydroxyl groups excluding tert-OH is 1. The Morgan fingerprint density at radius 2 is 1.82 bits per heavy atom. The average Bonchev–Trinajstić information content (AvgIpc) is 2.25. The van der Waals surface area contributed by atoms with E-state index in [0.717, 1.165) is 12.0 Å². The van der Waals surface area contributed by atoms with Gasteiger partial charge >= 0.3 is 0 Å². The van der Waals surface area contributed by atoms with Crippen LogP contribution in [0.25, 0.3) is 0 Å². The van der Waals surface area contributed by atoms with Crippen molar-refractivity contribution in [2.24, 2.45) is 5.92 Å². The standard InChI is InChI=1S/C14H23NO2/c1-10(2)8-12(16)9-15-11(3)13-6-4-5-7-14(13)17/h4-7,10-12,15-17H,8-9H2,1-3H3. The maximum Gasteiger partial charge on any atom is 0.120 e. The number of hydrogen-bond donors (Lipinski definition) is 3. The van der Waals surface area contributed by atoms with E-state index in [1.165, 1.54) is 0 Å². The number of phenolic OH excluding ortho intramolecular Hbond substituents is 1. The van der Waals surface area contributed by atoms with E-state index in [2.05, 4.69) is 19.2 Å². The van der Waals surface area contributed by atoms with Crippen LogP contribution in [0, 0.1) is 5.92 Å². The van der Waals surface area contributed by atoms with Crippen LogP contribution in [-0.4, -0.2) is 22.9 Å². The van der Waals surface area contributed by atoms with Crippen LogP contribution < -0.4 is 5.32 Å². The zero-order chi connectivity index (χ0) is 12.8. The number of nitrogens with one attached hydrogen (secondary N) is 1. The minimum Gasteiger partial charge on any atom is -0.508 e. The van der Waals surface area contributed by atoms with Gasteiger partial charge in [0.2, 0.25) is 0 Å². The van der Waals surface area contributed by atoms with Gasteiger partial charge in [-0.25, -0.2) is 0 Å². The number of rotatable bonds is 6. The largest absolute Gasteiger partial charge is 0.508 e. The van der Waals surface area contributed by atoms with E-state index >= 15 is 0 Å². The molecule has 0 fully saturated rings. The molecule has 0 aliphatic carbocycles. The summed E-state index contributed by atoms with van der Waals surface area (Å²) in [5.74, 6) is 0.790. The average molecular weight is 237 g/mol. The van der Waals surface area contributed by atoms with Crippen LogP contribution in [0.3, 0.4) is 0 Å². The molecule has 3 nitrogen and oxygen atoms in total. The monoisotopic (exact) mass is 237 g/mol. The third-order valence-corrected chi connectivity index (χ3v) is 2.81. The molecule has 0 aliphatic heterocycles. The summed E-state index contributed by atoms with van der Waals surface area (Å²) in [6, 6.07) is 7.31. The summed E-state index contributed by atoms with van der Waals surface area (Å²) in [6.07, 6.45) is 0.462. The second kappa shape index (κ2) is 6.62. The molecular formula is C14H23NO2. The highest BCUT2D eigenvalue weighted by atomic mass is 16.3. The first-order chi connectivity index (χ1) is 8.00. The van der Waals surface area contributed by atoms with Crippen LogP contribution in [0.1, 0.15) is 38.8 Å². The SMILES string of the molecule is CC(C)CC(O)CNC(C)c1ccccc1O. The van der Waals surface area contributed by atoms with Gasteiger partial charge in [-0.2, -0.15) is 0 Å².